The van der Waals surface area contributed by atoms with Gasteiger partial charge in [0.2, 0.25) is 30.1 Å². The zero-order chi connectivity index (χ0) is 88.9. The maximum absolute atomic E-state index is 13.4. The number of nitrogens with zero attached hydrogens (tertiary/aromatic N) is 6. The van der Waals surface area contributed by atoms with Crippen LogP contribution in [0.1, 0.15) is 214 Å². The van der Waals surface area contributed by atoms with E-state index in [9.17, 15) is 54.0 Å². The van der Waals surface area contributed by atoms with Gasteiger partial charge in [-0.25, -0.2) is 49.8 Å². The molecule has 31 nitrogen and oxygen atoms in total. The summed E-state index contributed by atoms with van der Waals surface area (Å²) in [5.74, 6) is -2.71. The Hall–Kier alpha value is -11.6. The lowest BCUT2D eigenvalue weighted by Crippen LogP contribution is -2.32. The first kappa shape index (κ1) is 98.0. The van der Waals surface area contributed by atoms with Gasteiger partial charge in [0, 0.05) is 41.8 Å². The lowest BCUT2D eigenvalue weighted by Gasteiger charge is -2.24. The van der Waals surface area contributed by atoms with Crippen molar-refractivity contribution in [1.82, 2.24) is 34.0 Å². The predicted molar refractivity (Wildman–Crippen MR) is 469 cm³/mol. The number of carboxylic acid groups (broad SMARTS) is 1. The average Bonchev–Trinajstić information content (AvgIpc) is 1.49. The SMILES string of the molecule is C.CC(C)(C)CN.CCOC(=O)c1cn(-c2cc(C(=O)Nc3cc(C(C)(C)C)cc(NS(C)(=O)=O)c3OC)ccc2C)cn1.COc1c(NC(=O)c2ccc(C)c(-n3cnc(C(=O)NCC(C)(C)C)c3)c2)cc(C(C)(C)C)cc1NS(C)(=O)=O.COc1c(NC(=O)c2ccc(C)c(-n3cnc(C(=O)O)c3)c2)cc(C(C)(C)C)cc1NS(C)(=O)=O. The Morgan fingerprint density at radius 1 is 0.429 bits per heavy atom. The molecule has 0 atom stereocenters. The maximum Gasteiger partial charge on any atom is 0.358 e. The van der Waals surface area contributed by atoms with Crippen LogP contribution in [0.4, 0.5) is 34.1 Å². The number of rotatable bonds is 23. The second-order valence-electron chi connectivity index (χ2n) is 33.6. The van der Waals surface area contributed by atoms with Crippen LogP contribution in [0.2, 0.25) is 0 Å². The summed E-state index contributed by atoms with van der Waals surface area (Å²) < 4.78 is 106. The molecule has 4 amide bonds. The van der Waals surface area contributed by atoms with Crippen molar-refractivity contribution in [2.75, 3.05) is 89.9 Å². The van der Waals surface area contributed by atoms with Gasteiger partial charge in [-0.1, -0.05) is 129 Å². The number of nitrogens with two attached hydrogens (primary N) is 1. The number of aromatic carboxylic acids is 1. The van der Waals surface area contributed by atoms with Crippen LogP contribution in [-0.4, -0.2) is 154 Å². The summed E-state index contributed by atoms with van der Waals surface area (Å²) in [6, 6.07) is 25.7. The van der Waals surface area contributed by atoms with Crippen LogP contribution in [0, 0.1) is 31.6 Å². The van der Waals surface area contributed by atoms with Gasteiger partial charge in [-0.3, -0.25) is 33.3 Å². The summed E-state index contributed by atoms with van der Waals surface area (Å²) in [5.41, 5.74) is 14.3. The number of nitrogens with one attached hydrogen (secondary N) is 7. The Kier molecular flexibility index (Phi) is 32.3. The number of carbonyl (C=O) groups excluding carboxylic acids is 5. The number of ether oxygens (including phenoxy) is 4. The molecule has 3 heterocycles. The van der Waals surface area contributed by atoms with Crippen LogP contribution in [0.25, 0.3) is 17.1 Å². The lowest BCUT2D eigenvalue weighted by molar-refractivity contribution is 0.0518. The minimum atomic E-state index is -3.61. The van der Waals surface area contributed by atoms with E-state index in [2.05, 4.69) is 71.2 Å². The molecule has 0 aliphatic heterocycles. The van der Waals surface area contributed by atoms with E-state index in [4.69, 9.17) is 29.8 Å². The summed E-state index contributed by atoms with van der Waals surface area (Å²) >= 11 is 0. The van der Waals surface area contributed by atoms with Crippen molar-refractivity contribution in [3.05, 3.63) is 196 Å². The smallest absolute Gasteiger partial charge is 0.358 e. The third-order valence-corrected chi connectivity index (χ3v) is 19.2. The molecular formula is C85H116N14O17S3. The van der Waals surface area contributed by atoms with Gasteiger partial charge in [-0.15, -0.1) is 0 Å². The van der Waals surface area contributed by atoms with E-state index in [0.29, 0.717) is 62.8 Å². The van der Waals surface area contributed by atoms with E-state index >= 15 is 0 Å². The van der Waals surface area contributed by atoms with E-state index < -0.39 is 59.7 Å². The molecule has 646 valence electrons. The standard InChI is InChI=1S/C29H39N5O5S.C26H32N4O6S.C24H28N4O6S.C5H13N.CH4/c1-18-10-11-19(12-24(18)34-15-23(31-17-34)27(36)30-16-28(2,3)4)26(35)32-21-13-20(29(5,6)7)14-22(25(21)39-8)33-40(9,37)38;1-8-36-25(32)21-14-30(15-27-21)22-11-17(10-9-16(22)2)24(31)28-19-12-18(26(3,4)5)13-20(23(19)35-6)29-37(7,33)34;1-14-7-8-15(9-20(14)28-12-19(23(30)31)25-13-28)22(29)26-17-10-16(24(2,3)4)11-18(21(17)34-5)27-35(6,32)33;1-5(2,3)4-6;/h10-15,17,33H,16H2,1-9H3,(H,30,36)(H,32,35);9-15,29H,8H2,1-7H3,(H,28,31);7-13,27H,1-6H3,(H,26,29)(H,30,31);4,6H2,1-3H3;1H4. The molecule has 10 N–H and O–H groups in total. The molecule has 0 radical (unpaired) electrons. The number of amides is 4. The molecule has 9 rings (SSSR count). The molecule has 0 unspecified atom stereocenters. The summed E-state index contributed by atoms with van der Waals surface area (Å²) in [4.78, 5) is 88.0. The number of esters is 1. The van der Waals surface area contributed by atoms with E-state index in [0.717, 1.165) is 58.7 Å². The second-order valence-corrected chi connectivity index (χ2v) is 38.8. The number of aryl methyl sites for hydroxylation is 3. The van der Waals surface area contributed by atoms with E-state index in [1.54, 1.807) is 113 Å². The molecule has 0 bridgehead atoms. The fraction of sp³-hybridized carbons (Fsp3) is 0.400. The van der Waals surface area contributed by atoms with Crippen molar-refractivity contribution in [2.45, 2.75) is 155 Å². The Balaban J connectivity index is 0.000000306. The van der Waals surface area contributed by atoms with Crippen LogP contribution < -0.4 is 55.4 Å². The number of carbonyl (C=O) groups is 6. The normalized spacial score (nSPS) is 11.7. The summed E-state index contributed by atoms with van der Waals surface area (Å²) in [5, 5.41) is 20.6. The minimum Gasteiger partial charge on any atom is -0.492 e. The largest absolute Gasteiger partial charge is 0.492 e. The highest BCUT2D eigenvalue weighted by Crippen LogP contribution is 2.43. The van der Waals surface area contributed by atoms with Crippen LogP contribution in [0.15, 0.2) is 129 Å². The third-order valence-electron chi connectivity index (χ3n) is 17.4. The van der Waals surface area contributed by atoms with Crippen LogP contribution >= 0.6 is 0 Å². The van der Waals surface area contributed by atoms with Crippen molar-refractivity contribution in [3.63, 3.8) is 0 Å². The van der Waals surface area contributed by atoms with Crippen molar-refractivity contribution in [1.29, 1.82) is 0 Å². The summed E-state index contributed by atoms with van der Waals surface area (Å²) in [6.07, 6.45) is 12.1. The van der Waals surface area contributed by atoms with E-state index in [-0.39, 0.29) is 93.0 Å². The fourth-order valence-electron chi connectivity index (χ4n) is 11.0. The van der Waals surface area contributed by atoms with Crippen molar-refractivity contribution in [2.24, 2.45) is 16.6 Å². The molecular weight excluding hydrogens is 1590 g/mol. The predicted octanol–water partition coefficient (Wildman–Crippen LogP) is 14.6. The van der Waals surface area contributed by atoms with Crippen molar-refractivity contribution in [3.8, 4) is 34.3 Å². The Morgan fingerprint density at radius 3 is 0.958 bits per heavy atom. The number of benzene rings is 6. The Bertz CT molecular complexity index is 5560. The molecule has 3 aromatic heterocycles. The van der Waals surface area contributed by atoms with Crippen LogP contribution in [0.5, 0.6) is 17.2 Å². The quantitative estimate of drug-likeness (QED) is 0.0269. The lowest BCUT2D eigenvalue weighted by atomic mass is 9.86. The summed E-state index contributed by atoms with van der Waals surface area (Å²) in [6.45, 7) is 39.1. The van der Waals surface area contributed by atoms with Gasteiger partial charge in [0.05, 0.1) is 97.9 Å². The number of anilines is 6. The first-order valence-electron chi connectivity index (χ1n) is 37.3. The van der Waals surface area contributed by atoms with E-state index in [1.807, 2.05) is 110 Å². The first-order chi connectivity index (χ1) is 54.4. The fourth-order valence-corrected chi connectivity index (χ4v) is 12.6. The zero-order valence-corrected chi connectivity index (χ0v) is 74.2. The van der Waals surface area contributed by atoms with Crippen LogP contribution in [-0.2, 0) is 51.1 Å². The molecule has 0 saturated heterocycles. The second kappa shape index (κ2) is 39.3. The molecule has 0 spiro atoms. The number of hydrogen-bond donors (Lipinski definition) is 9. The van der Waals surface area contributed by atoms with E-state index in [1.165, 1.54) is 51.1 Å². The maximum atomic E-state index is 13.4. The van der Waals surface area contributed by atoms with Gasteiger partial charge in [0.25, 0.3) is 23.6 Å². The number of imidazole rings is 3. The number of carboxylic acids is 1. The Labute approximate surface area is 699 Å². The minimum absolute atomic E-state index is 0. The van der Waals surface area contributed by atoms with Gasteiger partial charge in [0.15, 0.2) is 28.6 Å². The molecule has 34 heteroatoms. The van der Waals surface area contributed by atoms with Gasteiger partial charge in [-0.05, 0) is 167 Å². The van der Waals surface area contributed by atoms with Crippen molar-refractivity contribution < 1.29 is 78.1 Å². The average molecular weight is 1700 g/mol. The molecule has 0 aliphatic rings. The Morgan fingerprint density at radius 2 is 0.706 bits per heavy atom. The molecule has 0 saturated carbocycles. The topological polar surface area (TPSA) is 426 Å². The molecule has 6 aromatic carbocycles. The first-order valence-corrected chi connectivity index (χ1v) is 42.9. The monoisotopic (exact) mass is 1700 g/mol. The van der Waals surface area contributed by atoms with Gasteiger partial charge < -0.3 is 64.8 Å². The summed E-state index contributed by atoms with van der Waals surface area (Å²) in [7, 11) is -6.62. The molecule has 9 aromatic rings. The molecule has 0 aliphatic carbocycles. The molecule has 119 heavy (non-hydrogen) atoms. The highest BCUT2D eigenvalue weighted by atomic mass is 32.2. The number of sulfonamides is 3. The van der Waals surface area contributed by atoms with Gasteiger partial charge >= 0.3 is 11.9 Å². The molecule has 0 fully saturated rings. The number of aromatic nitrogens is 6. The zero-order valence-electron chi connectivity index (χ0n) is 71.7. The number of hydrogen-bond acceptors (Lipinski definition) is 20. The van der Waals surface area contributed by atoms with Gasteiger partial charge in [0.1, 0.15) is 24.7 Å². The highest BCUT2D eigenvalue weighted by Gasteiger charge is 2.28. The highest BCUT2D eigenvalue weighted by molar-refractivity contribution is 7.92. The van der Waals surface area contributed by atoms with Crippen LogP contribution in [0.3, 0.4) is 0 Å². The number of methoxy groups -OCH3 is 3. The van der Waals surface area contributed by atoms with Gasteiger partial charge in [-0.2, -0.15) is 0 Å². The third kappa shape index (κ3) is 28.6. The van der Waals surface area contributed by atoms with Crippen molar-refractivity contribution >= 4 is 99.8 Å².